The Morgan fingerprint density at radius 3 is 1.70 bits per heavy atom. The number of aliphatic hydroxyl groups is 3. The highest BCUT2D eigenvalue weighted by atomic mass is 19.4. The minimum absolute atomic E-state index is 1.56. The molecule has 2 rings (SSSR count). The number of esters is 1. The van der Waals surface area contributed by atoms with Gasteiger partial charge in [-0.1, -0.05) is 0 Å². The molecule has 0 saturated carbocycles. The summed E-state index contributed by atoms with van der Waals surface area (Å²) in [4.78, 5) is 11.2. The van der Waals surface area contributed by atoms with Crippen molar-refractivity contribution in [2.24, 2.45) is 0 Å². The van der Waals surface area contributed by atoms with Gasteiger partial charge in [0.1, 0.15) is 6.10 Å². The molecule has 1 unspecified atom stereocenters. The Bertz CT molecular complexity index is 784. The SMILES string of the molecule is O=C1O[C@H]2[C@H](OC(O)[C@@]2(O)CCC(F)(F)C(F)(F)C(F)(F)C(F)(F)C(F)(F)C(F)(F)F)[C@@H]1O. The summed E-state index contributed by atoms with van der Waals surface area (Å²) >= 11 is 0. The predicted molar refractivity (Wildman–Crippen MR) is 71.7 cm³/mol. The van der Waals surface area contributed by atoms with Crippen molar-refractivity contribution in [3.8, 4) is 0 Å². The molecule has 0 amide bonds. The van der Waals surface area contributed by atoms with Crippen molar-refractivity contribution in [3.05, 3.63) is 0 Å². The van der Waals surface area contributed by atoms with Crippen molar-refractivity contribution in [1.82, 2.24) is 0 Å². The van der Waals surface area contributed by atoms with Crippen LogP contribution < -0.4 is 0 Å². The van der Waals surface area contributed by atoms with Crippen molar-refractivity contribution in [1.29, 1.82) is 0 Å². The van der Waals surface area contributed by atoms with Gasteiger partial charge >= 0.3 is 41.8 Å². The van der Waals surface area contributed by atoms with Crippen LogP contribution in [0.2, 0.25) is 0 Å². The van der Waals surface area contributed by atoms with Crippen LogP contribution in [-0.2, 0) is 14.3 Å². The molecule has 19 heteroatoms. The Labute approximate surface area is 172 Å². The zero-order valence-corrected chi connectivity index (χ0v) is 15.2. The van der Waals surface area contributed by atoms with Crippen LogP contribution in [0.1, 0.15) is 12.8 Å². The maximum atomic E-state index is 13.9. The Morgan fingerprint density at radius 1 is 0.788 bits per heavy atom. The first-order valence-electron chi connectivity index (χ1n) is 8.30. The zero-order valence-electron chi connectivity index (χ0n) is 15.2. The number of halogens is 13. The summed E-state index contributed by atoms with van der Waals surface area (Å²) in [6.45, 7) is 0. The zero-order chi connectivity index (χ0) is 26.2. The van der Waals surface area contributed by atoms with Crippen molar-refractivity contribution in [2.45, 2.75) is 78.8 Å². The molecule has 0 aromatic carbocycles. The second-order valence-corrected chi connectivity index (χ2v) is 7.25. The lowest BCUT2D eigenvalue weighted by Crippen LogP contribution is -2.70. The lowest BCUT2D eigenvalue weighted by Gasteiger charge is -2.40. The van der Waals surface area contributed by atoms with Gasteiger partial charge < -0.3 is 24.8 Å². The molecule has 33 heavy (non-hydrogen) atoms. The van der Waals surface area contributed by atoms with E-state index < -0.39 is 84.8 Å². The second-order valence-electron chi connectivity index (χ2n) is 7.25. The number of hydrogen-bond acceptors (Lipinski definition) is 6. The lowest BCUT2D eigenvalue weighted by molar-refractivity contribution is -0.440. The van der Waals surface area contributed by atoms with Crippen molar-refractivity contribution in [2.75, 3.05) is 0 Å². The van der Waals surface area contributed by atoms with Gasteiger partial charge in [0, 0.05) is 6.42 Å². The number of fused-ring (bicyclic) bond motifs is 1. The first kappa shape index (κ1) is 27.6. The number of rotatable bonds is 7. The third kappa shape index (κ3) is 3.61. The van der Waals surface area contributed by atoms with Crippen molar-refractivity contribution >= 4 is 5.97 Å². The van der Waals surface area contributed by atoms with Gasteiger partial charge in [-0.25, -0.2) is 4.79 Å². The van der Waals surface area contributed by atoms with Crippen molar-refractivity contribution < 1.29 is 86.7 Å². The molecule has 0 aliphatic carbocycles. The molecule has 6 nitrogen and oxygen atoms in total. The topological polar surface area (TPSA) is 96.2 Å². The molecular formula is C14H11F13O6. The number of carbonyl (C=O) groups is 1. The first-order chi connectivity index (χ1) is 14.4. The summed E-state index contributed by atoms with van der Waals surface area (Å²) in [5, 5.41) is 29.1. The molecule has 0 aromatic rings. The Hall–Kier alpha value is -1.60. The highest BCUT2D eigenvalue weighted by molar-refractivity contribution is 5.78. The number of alkyl halides is 13. The Morgan fingerprint density at radius 2 is 1.24 bits per heavy atom. The van der Waals surface area contributed by atoms with Crippen LogP contribution in [0.25, 0.3) is 0 Å². The van der Waals surface area contributed by atoms with E-state index in [0.29, 0.717) is 0 Å². The van der Waals surface area contributed by atoms with Crippen LogP contribution in [-0.4, -0.2) is 87.3 Å². The molecule has 0 bridgehead atoms. The fourth-order valence-electron chi connectivity index (χ4n) is 3.08. The molecule has 2 aliphatic heterocycles. The highest BCUT2D eigenvalue weighted by Gasteiger charge is 2.90. The molecular weight excluding hydrogens is 511 g/mol. The third-order valence-electron chi connectivity index (χ3n) is 5.14. The molecule has 194 valence electrons. The van der Waals surface area contributed by atoms with E-state index in [9.17, 15) is 77.2 Å². The van der Waals surface area contributed by atoms with Gasteiger partial charge in [0.05, 0.1) is 0 Å². The lowest BCUT2D eigenvalue weighted by atomic mass is 9.85. The summed E-state index contributed by atoms with van der Waals surface area (Å²) in [6.07, 6.45) is -21.6. The maximum absolute atomic E-state index is 13.9. The van der Waals surface area contributed by atoms with Crippen LogP contribution >= 0.6 is 0 Å². The fraction of sp³-hybridized carbons (Fsp3) is 0.929. The van der Waals surface area contributed by atoms with E-state index in [4.69, 9.17) is 0 Å². The molecule has 5 atom stereocenters. The van der Waals surface area contributed by atoms with Gasteiger partial charge in [-0.15, -0.1) is 0 Å². The quantitative estimate of drug-likeness (QED) is 0.351. The van der Waals surface area contributed by atoms with E-state index in [2.05, 4.69) is 9.47 Å². The van der Waals surface area contributed by atoms with Crippen LogP contribution in [0.4, 0.5) is 57.1 Å². The van der Waals surface area contributed by atoms with Gasteiger partial charge in [0.25, 0.3) is 0 Å². The maximum Gasteiger partial charge on any atom is 0.460 e. The van der Waals surface area contributed by atoms with E-state index >= 15 is 0 Å². The summed E-state index contributed by atoms with van der Waals surface area (Å²) in [7, 11) is 0. The average Bonchev–Trinajstić information content (AvgIpc) is 3.06. The second kappa shape index (κ2) is 7.45. The van der Waals surface area contributed by atoms with Crippen molar-refractivity contribution in [3.63, 3.8) is 0 Å². The molecule has 2 saturated heterocycles. The molecule has 2 heterocycles. The molecule has 3 N–H and O–H groups in total. The number of hydrogen-bond donors (Lipinski definition) is 3. The monoisotopic (exact) mass is 522 g/mol. The van der Waals surface area contributed by atoms with E-state index in [0.717, 1.165) is 0 Å². The van der Waals surface area contributed by atoms with Crippen LogP contribution in [0.15, 0.2) is 0 Å². The van der Waals surface area contributed by atoms with E-state index in [1.54, 1.807) is 0 Å². The van der Waals surface area contributed by atoms with Gasteiger partial charge in [0.15, 0.2) is 24.1 Å². The van der Waals surface area contributed by atoms with E-state index in [-0.39, 0.29) is 0 Å². The standard InChI is InChI=1S/C14H11F13O6/c15-9(16,2-1-8(31)5-4(32-7(8)30)3(28)6(29)33-5)10(17,18)11(19,20)12(21,22)13(23,24)14(25,26)27/h3-5,7,28,30-31H,1-2H2/t3-,4+,5-,7?,8+/m0/s1. The van der Waals surface area contributed by atoms with Gasteiger partial charge in [-0.2, -0.15) is 57.1 Å². The summed E-state index contributed by atoms with van der Waals surface area (Å²) in [5.41, 5.74) is -3.33. The molecule has 0 radical (unpaired) electrons. The molecule has 2 aliphatic rings. The van der Waals surface area contributed by atoms with Crippen LogP contribution in [0, 0.1) is 0 Å². The molecule has 2 fully saturated rings. The average molecular weight is 522 g/mol. The van der Waals surface area contributed by atoms with Gasteiger partial charge in [-0.3, -0.25) is 0 Å². The van der Waals surface area contributed by atoms with Crippen LogP contribution in [0.5, 0.6) is 0 Å². The normalized spacial score (nSPS) is 32.2. The predicted octanol–water partition coefficient (Wildman–Crippen LogP) is 2.24. The summed E-state index contributed by atoms with van der Waals surface area (Å²) < 4.78 is 179. The van der Waals surface area contributed by atoms with Crippen LogP contribution in [0.3, 0.4) is 0 Å². The minimum atomic E-state index is -8.08. The first-order valence-corrected chi connectivity index (χ1v) is 8.30. The minimum Gasteiger partial charge on any atom is -0.454 e. The number of carbonyl (C=O) groups excluding carboxylic acids is 1. The summed E-state index contributed by atoms with van der Waals surface area (Å²) in [6, 6.07) is 0. The fourth-order valence-corrected chi connectivity index (χ4v) is 3.08. The largest absolute Gasteiger partial charge is 0.460 e. The number of ether oxygens (including phenoxy) is 2. The smallest absolute Gasteiger partial charge is 0.454 e. The van der Waals surface area contributed by atoms with Gasteiger partial charge in [-0.05, 0) is 6.42 Å². The summed E-state index contributed by atoms with van der Waals surface area (Å²) in [5.74, 6) is -39.6. The van der Waals surface area contributed by atoms with E-state index in [1.807, 2.05) is 0 Å². The van der Waals surface area contributed by atoms with Gasteiger partial charge in [0.2, 0.25) is 0 Å². The van der Waals surface area contributed by atoms with E-state index in [1.165, 1.54) is 0 Å². The Kier molecular flexibility index (Phi) is 6.24. The number of aliphatic hydroxyl groups excluding tert-OH is 2. The third-order valence-corrected chi connectivity index (χ3v) is 5.14. The molecule has 0 aromatic heterocycles. The molecule has 0 spiro atoms. The highest BCUT2D eigenvalue weighted by Crippen LogP contribution is 2.61. The Balaban J connectivity index is 2.34.